The minimum Gasteiger partial charge on any atom is -0.464 e. The monoisotopic (exact) mass is 190 g/mol. The molecule has 1 heterocycles. The molecular formula is C6H7ClN2O3. The van der Waals surface area contributed by atoms with E-state index in [0.717, 1.165) is 12.3 Å². The highest BCUT2D eigenvalue weighted by molar-refractivity contribution is 5.86. The van der Waals surface area contributed by atoms with Gasteiger partial charge in [-0.3, -0.25) is 9.89 Å². The number of carbonyl (C=O) groups is 1. The van der Waals surface area contributed by atoms with E-state index in [-0.39, 0.29) is 23.5 Å². The van der Waals surface area contributed by atoms with Crippen molar-refractivity contribution in [3.63, 3.8) is 0 Å². The zero-order valence-corrected chi connectivity index (χ0v) is 7.05. The molecule has 0 amide bonds. The molecule has 0 saturated heterocycles. The second-order valence-electron chi connectivity index (χ2n) is 1.82. The fourth-order valence-electron chi connectivity index (χ4n) is 0.592. The number of hydrogen-bond donors (Lipinski definition) is 1. The highest BCUT2D eigenvalue weighted by Crippen LogP contribution is 1.88. The normalized spacial score (nSPS) is 8.42. The lowest BCUT2D eigenvalue weighted by Gasteiger charge is -1.95. The highest BCUT2D eigenvalue weighted by Gasteiger charge is 2.04. The first kappa shape index (κ1) is 10.6. The molecule has 1 rings (SSSR count). The summed E-state index contributed by atoms with van der Waals surface area (Å²) < 4.78 is 4.34. The number of ether oxygens (including phenoxy) is 1. The standard InChI is InChI=1S/C6H6N2O3.ClH/c1-11-6(10)5-2-4(9)3-7-8-5;/h2-3H,1H3,(H,8,9);1H. The van der Waals surface area contributed by atoms with Crippen molar-refractivity contribution in [3.05, 3.63) is 28.2 Å². The predicted octanol–water partition coefficient (Wildman–Crippen LogP) is -0.0217. The lowest BCUT2D eigenvalue weighted by Crippen LogP contribution is -2.10. The first-order chi connectivity index (χ1) is 5.24. The lowest BCUT2D eigenvalue weighted by molar-refractivity contribution is 0.0592. The number of hydrogen-bond acceptors (Lipinski definition) is 4. The second kappa shape index (κ2) is 4.50. The van der Waals surface area contributed by atoms with Gasteiger partial charge in [-0.15, -0.1) is 12.4 Å². The fourth-order valence-corrected chi connectivity index (χ4v) is 0.592. The van der Waals surface area contributed by atoms with Crippen LogP contribution in [0.3, 0.4) is 0 Å². The van der Waals surface area contributed by atoms with Crippen molar-refractivity contribution in [2.24, 2.45) is 0 Å². The number of esters is 1. The molecule has 0 aromatic carbocycles. The molecule has 0 radical (unpaired) electrons. The van der Waals surface area contributed by atoms with Gasteiger partial charge >= 0.3 is 5.97 Å². The smallest absolute Gasteiger partial charge is 0.356 e. The summed E-state index contributed by atoms with van der Waals surface area (Å²) >= 11 is 0. The van der Waals surface area contributed by atoms with Crippen molar-refractivity contribution in [2.75, 3.05) is 7.11 Å². The summed E-state index contributed by atoms with van der Waals surface area (Å²) in [6, 6.07) is 1.12. The highest BCUT2D eigenvalue weighted by atomic mass is 35.5. The molecule has 12 heavy (non-hydrogen) atoms. The molecule has 6 heteroatoms. The van der Waals surface area contributed by atoms with Gasteiger partial charge in [0.05, 0.1) is 13.3 Å². The minimum absolute atomic E-state index is 0. The number of H-pyrrole nitrogens is 1. The summed E-state index contributed by atoms with van der Waals surface area (Å²) in [4.78, 5) is 21.4. The van der Waals surface area contributed by atoms with Gasteiger partial charge in [-0.05, 0) is 0 Å². The van der Waals surface area contributed by atoms with Crippen molar-refractivity contribution in [2.45, 2.75) is 0 Å². The molecule has 0 unspecified atom stereocenters. The molecule has 1 N–H and O–H groups in total. The van der Waals surface area contributed by atoms with E-state index in [2.05, 4.69) is 14.9 Å². The molecule has 0 atom stereocenters. The van der Waals surface area contributed by atoms with Gasteiger partial charge in [0.15, 0.2) is 0 Å². The number of halogens is 1. The molecule has 0 aliphatic carbocycles. The van der Waals surface area contributed by atoms with Crippen LogP contribution in [0.2, 0.25) is 0 Å². The quantitative estimate of drug-likeness (QED) is 0.632. The van der Waals surface area contributed by atoms with Gasteiger partial charge in [0.25, 0.3) is 0 Å². The molecule has 1 aromatic rings. The first-order valence-corrected chi connectivity index (χ1v) is 2.87. The molecular weight excluding hydrogens is 184 g/mol. The molecule has 66 valence electrons. The number of carbonyl (C=O) groups excluding carboxylic acids is 1. The van der Waals surface area contributed by atoms with Gasteiger partial charge in [0, 0.05) is 6.07 Å². The number of rotatable bonds is 1. The molecule has 0 spiro atoms. The SMILES string of the molecule is COC(=O)c1cc(=O)cn[nH]1.Cl. The molecule has 0 fully saturated rings. The average molecular weight is 191 g/mol. The lowest BCUT2D eigenvalue weighted by atomic mass is 10.4. The number of methoxy groups -OCH3 is 1. The van der Waals surface area contributed by atoms with Crippen LogP contribution in [0.4, 0.5) is 0 Å². The van der Waals surface area contributed by atoms with Gasteiger partial charge in [-0.25, -0.2) is 4.79 Å². The Morgan fingerprint density at radius 1 is 1.67 bits per heavy atom. The van der Waals surface area contributed by atoms with E-state index in [9.17, 15) is 9.59 Å². The maximum absolute atomic E-state index is 10.7. The number of nitrogens with zero attached hydrogens (tertiary/aromatic N) is 1. The van der Waals surface area contributed by atoms with Gasteiger partial charge in [0.2, 0.25) is 5.43 Å². The molecule has 1 aromatic heterocycles. The van der Waals surface area contributed by atoms with Crippen LogP contribution >= 0.6 is 12.4 Å². The Bertz CT molecular complexity index is 323. The van der Waals surface area contributed by atoms with Crippen LogP contribution < -0.4 is 5.43 Å². The number of nitrogens with one attached hydrogen (secondary N) is 1. The molecule has 0 aliphatic rings. The Labute approximate surface area is 74.2 Å². The van der Waals surface area contributed by atoms with Crippen molar-refractivity contribution in [3.8, 4) is 0 Å². The van der Waals surface area contributed by atoms with Crippen molar-refractivity contribution in [1.29, 1.82) is 0 Å². The third-order valence-electron chi connectivity index (χ3n) is 1.07. The predicted molar refractivity (Wildman–Crippen MR) is 43.4 cm³/mol. The van der Waals surface area contributed by atoms with Crippen LogP contribution in [0.15, 0.2) is 17.1 Å². The molecule has 0 bridgehead atoms. The first-order valence-electron chi connectivity index (χ1n) is 2.87. The second-order valence-corrected chi connectivity index (χ2v) is 1.82. The Balaban J connectivity index is 0.00000121. The summed E-state index contributed by atoms with van der Waals surface area (Å²) in [5.74, 6) is -0.602. The van der Waals surface area contributed by atoms with Crippen LogP contribution in [-0.4, -0.2) is 23.3 Å². The van der Waals surface area contributed by atoms with E-state index in [1.165, 1.54) is 7.11 Å². The third kappa shape index (κ3) is 2.35. The third-order valence-corrected chi connectivity index (χ3v) is 1.07. The number of aromatic amines is 1. The van der Waals surface area contributed by atoms with Crippen LogP contribution in [0, 0.1) is 0 Å². The van der Waals surface area contributed by atoms with E-state index in [1.807, 2.05) is 0 Å². The fraction of sp³-hybridized carbons (Fsp3) is 0.167. The molecule has 0 saturated carbocycles. The van der Waals surface area contributed by atoms with Gasteiger partial charge < -0.3 is 4.74 Å². The summed E-state index contributed by atoms with van der Waals surface area (Å²) in [6.07, 6.45) is 1.08. The van der Waals surface area contributed by atoms with Gasteiger partial charge in [-0.1, -0.05) is 0 Å². The van der Waals surface area contributed by atoms with Crippen LogP contribution in [0.25, 0.3) is 0 Å². The number of aromatic nitrogens is 2. The maximum Gasteiger partial charge on any atom is 0.356 e. The summed E-state index contributed by atoms with van der Waals surface area (Å²) in [5.41, 5.74) is -0.274. The maximum atomic E-state index is 10.7. The molecule has 5 nitrogen and oxygen atoms in total. The summed E-state index contributed by atoms with van der Waals surface area (Å²) in [6.45, 7) is 0. The van der Waals surface area contributed by atoms with E-state index in [4.69, 9.17) is 0 Å². The average Bonchev–Trinajstić information content (AvgIpc) is 2.03. The summed E-state index contributed by atoms with van der Waals surface area (Å²) in [5, 5.41) is 5.75. The Morgan fingerprint density at radius 3 is 2.83 bits per heavy atom. The van der Waals surface area contributed by atoms with Crippen LogP contribution in [0.1, 0.15) is 10.5 Å². The van der Waals surface area contributed by atoms with Crippen LogP contribution in [0.5, 0.6) is 0 Å². The topological polar surface area (TPSA) is 72.1 Å². The zero-order chi connectivity index (χ0) is 8.27. The minimum atomic E-state index is -0.602. The van der Waals surface area contributed by atoms with E-state index < -0.39 is 5.97 Å². The zero-order valence-electron chi connectivity index (χ0n) is 6.23. The Kier molecular flexibility index (Phi) is 3.99. The van der Waals surface area contributed by atoms with Crippen LogP contribution in [-0.2, 0) is 4.74 Å². The Morgan fingerprint density at radius 2 is 2.33 bits per heavy atom. The summed E-state index contributed by atoms with van der Waals surface area (Å²) in [7, 11) is 1.23. The van der Waals surface area contributed by atoms with Crippen molar-refractivity contribution >= 4 is 18.4 Å². The Hall–Kier alpha value is -1.36. The van der Waals surface area contributed by atoms with Gasteiger partial charge in [0.1, 0.15) is 5.69 Å². The van der Waals surface area contributed by atoms with E-state index in [1.54, 1.807) is 0 Å². The largest absolute Gasteiger partial charge is 0.464 e. The van der Waals surface area contributed by atoms with Gasteiger partial charge in [-0.2, -0.15) is 5.10 Å². The van der Waals surface area contributed by atoms with Crippen molar-refractivity contribution < 1.29 is 9.53 Å². The van der Waals surface area contributed by atoms with E-state index >= 15 is 0 Å². The molecule has 0 aliphatic heterocycles. The van der Waals surface area contributed by atoms with E-state index in [0.29, 0.717) is 0 Å². The van der Waals surface area contributed by atoms with Crippen molar-refractivity contribution in [1.82, 2.24) is 10.2 Å².